The molecule has 2 rings (SSSR count). The number of benzene rings is 2. The maximum absolute atomic E-state index is 10.2. The first-order chi connectivity index (χ1) is 8.91. The van der Waals surface area contributed by atoms with Gasteiger partial charge in [0.1, 0.15) is 17.5 Å². The van der Waals surface area contributed by atoms with E-state index in [1.807, 2.05) is 19.1 Å². The number of hydrogen-bond acceptors (Lipinski definition) is 4. The summed E-state index contributed by atoms with van der Waals surface area (Å²) in [4.78, 5) is 0. The van der Waals surface area contributed by atoms with Gasteiger partial charge >= 0.3 is 0 Å². The van der Waals surface area contributed by atoms with E-state index in [2.05, 4.69) is 0 Å². The van der Waals surface area contributed by atoms with Crippen LogP contribution in [0.3, 0.4) is 0 Å². The van der Waals surface area contributed by atoms with Crippen LogP contribution < -0.4 is 5.73 Å². The van der Waals surface area contributed by atoms with E-state index in [1.54, 1.807) is 12.1 Å². The maximum atomic E-state index is 10.2. The first-order valence-electron chi connectivity index (χ1n) is 5.66. The number of nitrogen functional groups attached to an aromatic ring is 1. The van der Waals surface area contributed by atoms with Crippen LogP contribution in [-0.2, 0) is 0 Å². The number of halogens is 1. The molecule has 0 saturated carbocycles. The summed E-state index contributed by atoms with van der Waals surface area (Å²) >= 11 is 5.80. The second kappa shape index (κ2) is 4.99. The van der Waals surface area contributed by atoms with Gasteiger partial charge in [0.25, 0.3) is 0 Å². The highest BCUT2D eigenvalue weighted by molar-refractivity contribution is 6.32. The molecule has 0 aliphatic rings. The van der Waals surface area contributed by atoms with Gasteiger partial charge in [0.2, 0.25) is 0 Å². The smallest absolute Gasteiger partial charge is 0.161 e. The molecule has 2 aromatic carbocycles. The molecule has 0 bridgehead atoms. The van der Waals surface area contributed by atoms with Crippen molar-refractivity contribution in [3.63, 3.8) is 0 Å². The SMILES string of the molecule is Cc1ccc(C(O)c2cc(Cl)c(O)c(N)c2O)cc1. The normalized spacial score (nSPS) is 12.4. The zero-order chi connectivity index (χ0) is 14.2. The molecule has 0 aromatic heterocycles. The predicted molar refractivity (Wildman–Crippen MR) is 74.4 cm³/mol. The number of phenolic OH excluding ortho intramolecular Hbond substituents is 2. The Balaban J connectivity index is 2.50. The van der Waals surface area contributed by atoms with Gasteiger partial charge in [0, 0.05) is 5.56 Å². The van der Waals surface area contributed by atoms with E-state index in [1.165, 1.54) is 6.07 Å². The molecule has 0 saturated heterocycles. The molecule has 1 unspecified atom stereocenters. The lowest BCUT2D eigenvalue weighted by Crippen LogP contribution is -2.02. The Bertz CT molecular complexity index is 611. The van der Waals surface area contributed by atoms with Gasteiger partial charge in [-0.1, -0.05) is 41.4 Å². The summed E-state index contributed by atoms with van der Waals surface area (Å²) in [6, 6.07) is 8.49. The van der Waals surface area contributed by atoms with Crippen LogP contribution >= 0.6 is 11.6 Å². The molecule has 0 aliphatic heterocycles. The average Bonchev–Trinajstić information content (AvgIpc) is 2.40. The summed E-state index contributed by atoms with van der Waals surface area (Å²) < 4.78 is 0. The van der Waals surface area contributed by atoms with E-state index >= 15 is 0 Å². The molecule has 5 heteroatoms. The number of nitrogens with two attached hydrogens (primary N) is 1. The van der Waals surface area contributed by atoms with Gasteiger partial charge in [-0.3, -0.25) is 0 Å². The molecule has 2 aromatic rings. The van der Waals surface area contributed by atoms with Crippen molar-refractivity contribution in [2.75, 3.05) is 5.73 Å². The highest BCUT2D eigenvalue weighted by Crippen LogP contribution is 2.42. The Morgan fingerprint density at radius 1 is 1.11 bits per heavy atom. The first kappa shape index (κ1) is 13.5. The predicted octanol–water partition coefficient (Wildman–Crippen LogP) is 2.72. The van der Waals surface area contributed by atoms with Gasteiger partial charge in [-0.05, 0) is 18.6 Å². The van der Waals surface area contributed by atoms with Crippen molar-refractivity contribution in [3.05, 3.63) is 52.0 Å². The van der Waals surface area contributed by atoms with Gasteiger partial charge in [-0.2, -0.15) is 0 Å². The molecular weight excluding hydrogens is 266 g/mol. The van der Waals surface area contributed by atoms with E-state index in [4.69, 9.17) is 17.3 Å². The van der Waals surface area contributed by atoms with Gasteiger partial charge in [-0.15, -0.1) is 0 Å². The number of aryl methyl sites for hydroxylation is 1. The van der Waals surface area contributed by atoms with Gasteiger partial charge in [0.15, 0.2) is 5.75 Å². The van der Waals surface area contributed by atoms with Crippen LogP contribution in [0.5, 0.6) is 11.5 Å². The monoisotopic (exact) mass is 279 g/mol. The van der Waals surface area contributed by atoms with E-state index in [-0.39, 0.29) is 27.8 Å². The summed E-state index contributed by atoms with van der Waals surface area (Å²) in [6.07, 6.45) is -1.07. The van der Waals surface area contributed by atoms with Crippen molar-refractivity contribution in [1.29, 1.82) is 0 Å². The van der Waals surface area contributed by atoms with Gasteiger partial charge < -0.3 is 21.1 Å². The molecule has 0 aliphatic carbocycles. The topological polar surface area (TPSA) is 86.7 Å². The molecule has 4 nitrogen and oxygen atoms in total. The number of anilines is 1. The zero-order valence-electron chi connectivity index (χ0n) is 10.3. The Hall–Kier alpha value is -1.91. The van der Waals surface area contributed by atoms with Crippen molar-refractivity contribution in [3.8, 4) is 11.5 Å². The highest BCUT2D eigenvalue weighted by atomic mass is 35.5. The minimum absolute atomic E-state index is 0.0172. The van der Waals surface area contributed by atoms with Gasteiger partial charge in [0.05, 0.1) is 5.02 Å². The standard InChI is InChI=1S/C14H14ClNO3/c1-7-2-4-8(5-3-7)12(17)9-6-10(15)14(19)11(16)13(9)18/h2-6,12,17-19H,16H2,1H3. The lowest BCUT2D eigenvalue weighted by molar-refractivity contribution is 0.215. The summed E-state index contributed by atoms with van der Waals surface area (Å²) in [6.45, 7) is 1.93. The number of aliphatic hydroxyl groups excluding tert-OH is 1. The number of hydrogen-bond donors (Lipinski definition) is 4. The molecule has 100 valence electrons. The van der Waals surface area contributed by atoms with Crippen LogP contribution in [0.2, 0.25) is 5.02 Å². The molecule has 0 heterocycles. The van der Waals surface area contributed by atoms with Crippen LogP contribution in [0.1, 0.15) is 22.8 Å². The molecule has 0 amide bonds. The van der Waals surface area contributed by atoms with E-state index in [9.17, 15) is 15.3 Å². The molecule has 5 N–H and O–H groups in total. The number of phenols is 2. The van der Waals surface area contributed by atoms with Crippen molar-refractivity contribution in [1.82, 2.24) is 0 Å². The van der Waals surface area contributed by atoms with Crippen LogP contribution in [0, 0.1) is 6.92 Å². The first-order valence-corrected chi connectivity index (χ1v) is 6.04. The van der Waals surface area contributed by atoms with Crippen LogP contribution in [0.15, 0.2) is 30.3 Å². The average molecular weight is 280 g/mol. The minimum Gasteiger partial charge on any atom is -0.505 e. The molecular formula is C14H14ClNO3. The Kier molecular flexibility index (Phi) is 3.55. The largest absolute Gasteiger partial charge is 0.505 e. The van der Waals surface area contributed by atoms with Crippen molar-refractivity contribution < 1.29 is 15.3 Å². The minimum atomic E-state index is -1.07. The third kappa shape index (κ3) is 2.45. The fourth-order valence-electron chi connectivity index (χ4n) is 1.81. The fraction of sp³-hybridized carbons (Fsp3) is 0.143. The van der Waals surface area contributed by atoms with Crippen molar-refractivity contribution in [2.24, 2.45) is 0 Å². The molecule has 0 fully saturated rings. The second-order valence-corrected chi connectivity index (χ2v) is 4.78. The Labute approximate surface area is 115 Å². The van der Waals surface area contributed by atoms with Gasteiger partial charge in [-0.25, -0.2) is 0 Å². The maximum Gasteiger partial charge on any atom is 0.161 e. The third-order valence-electron chi connectivity index (χ3n) is 2.98. The fourth-order valence-corrected chi connectivity index (χ4v) is 2.03. The van der Waals surface area contributed by atoms with Crippen LogP contribution in [-0.4, -0.2) is 15.3 Å². The van der Waals surface area contributed by atoms with Crippen LogP contribution in [0.4, 0.5) is 5.69 Å². The second-order valence-electron chi connectivity index (χ2n) is 4.37. The number of rotatable bonds is 2. The summed E-state index contributed by atoms with van der Waals surface area (Å²) in [5.74, 6) is -0.756. The number of aliphatic hydroxyl groups is 1. The third-order valence-corrected chi connectivity index (χ3v) is 3.27. The highest BCUT2D eigenvalue weighted by Gasteiger charge is 2.20. The van der Waals surface area contributed by atoms with Crippen molar-refractivity contribution >= 4 is 17.3 Å². The number of aromatic hydroxyl groups is 2. The summed E-state index contributed by atoms with van der Waals surface area (Å²) in [7, 11) is 0. The van der Waals surface area contributed by atoms with Crippen molar-refractivity contribution in [2.45, 2.75) is 13.0 Å². The quantitative estimate of drug-likeness (QED) is 0.503. The Morgan fingerprint density at radius 3 is 2.26 bits per heavy atom. The zero-order valence-corrected chi connectivity index (χ0v) is 11.0. The van der Waals surface area contributed by atoms with Crippen LogP contribution in [0.25, 0.3) is 0 Å². The van der Waals surface area contributed by atoms with E-state index < -0.39 is 6.10 Å². The lowest BCUT2D eigenvalue weighted by Gasteiger charge is -2.16. The summed E-state index contributed by atoms with van der Waals surface area (Å²) in [5, 5.41) is 29.6. The molecule has 1 atom stereocenters. The van der Waals surface area contributed by atoms with E-state index in [0.717, 1.165) is 5.56 Å². The molecule has 0 radical (unpaired) electrons. The lowest BCUT2D eigenvalue weighted by atomic mass is 9.99. The molecule has 19 heavy (non-hydrogen) atoms. The Morgan fingerprint density at radius 2 is 1.68 bits per heavy atom. The molecule has 0 spiro atoms. The van der Waals surface area contributed by atoms with E-state index in [0.29, 0.717) is 5.56 Å². The summed E-state index contributed by atoms with van der Waals surface area (Å²) in [5.41, 5.74) is 7.10.